The fraction of sp³-hybridized carbons (Fsp3) is 0.133. The summed E-state index contributed by atoms with van der Waals surface area (Å²) in [4.78, 5) is 28.1. The zero-order valence-corrected chi connectivity index (χ0v) is 14.2. The van der Waals surface area contributed by atoms with E-state index in [2.05, 4.69) is 30.6 Å². The second-order valence-electron chi connectivity index (χ2n) is 4.93. The van der Waals surface area contributed by atoms with Crippen molar-refractivity contribution in [3.63, 3.8) is 0 Å². The molecule has 0 bridgehead atoms. The third-order valence-corrected chi connectivity index (χ3v) is 3.87. The number of rotatable bonds is 4. The van der Waals surface area contributed by atoms with Crippen LogP contribution in [0.25, 0.3) is 0 Å². The minimum atomic E-state index is -0.741. The van der Waals surface area contributed by atoms with Crippen LogP contribution < -0.4 is 15.4 Å². The van der Waals surface area contributed by atoms with Crippen molar-refractivity contribution in [1.29, 1.82) is 0 Å². The Bertz CT molecular complexity index is 900. The van der Waals surface area contributed by atoms with E-state index in [1.807, 2.05) is 0 Å². The summed E-state index contributed by atoms with van der Waals surface area (Å²) in [6.45, 7) is 3.42. The molecule has 0 saturated carbocycles. The molecule has 3 aromatic heterocycles. The second kappa shape index (κ2) is 7.09. The SMILES string of the molecule is Cc1nc(OC(=O)Nc2ccc(O)c(C)n2)c(Nc2cncnc2)s1. The number of hydrogen-bond donors (Lipinski definition) is 3. The number of carbonyl (C=O) groups is 1. The lowest BCUT2D eigenvalue weighted by molar-refractivity contribution is 0.213. The van der Waals surface area contributed by atoms with Crippen LogP contribution in [-0.4, -0.2) is 31.1 Å². The van der Waals surface area contributed by atoms with Crippen LogP contribution in [-0.2, 0) is 0 Å². The largest absolute Gasteiger partial charge is 0.506 e. The van der Waals surface area contributed by atoms with Gasteiger partial charge in [-0.1, -0.05) is 11.3 Å². The summed E-state index contributed by atoms with van der Waals surface area (Å²) in [7, 11) is 0. The van der Waals surface area contributed by atoms with Crippen molar-refractivity contribution in [3.8, 4) is 11.6 Å². The fourth-order valence-electron chi connectivity index (χ4n) is 1.89. The molecule has 0 saturated heterocycles. The molecule has 3 rings (SSSR count). The number of aryl methyl sites for hydroxylation is 2. The van der Waals surface area contributed by atoms with E-state index in [1.54, 1.807) is 26.2 Å². The molecule has 10 heteroatoms. The number of ether oxygens (including phenoxy) is 1. The summed E-state index contributed by atoms with van der Waals surface area (Å²) in [5.41, 5.74) is 1.04. The smallest absolute Gasteiger partial charge is 0.419 e. The van der Waals surface area contributed by atoms with Gasteiger partial charge in [0.15, 0.2) is 5.00 Å². The zero-order valence-electron chi connectivity index (χ0n) is 13.3. The molecule has 0 atom stereocenters. The molecule has 3 heterocycles. The predicted molar refractivity (Wildman–Crippen MR) is 92.5 cm³/mol. The van der Waals surface area contributed by atoms with E-state index in [4.69, 9.17) is 4.74 Å². The fourth-order valence-corrected chi connectivity index (χ4v) is 2.66. The summed E-state index contributed by atoms with van der Waals surface area (Å²) >= 11 is 1.33. The van der Waals surface area contributed by atoms with E-state index in [9.17, 15) is 9.90 Å². The monoisotopic (exact) mass is 358 g/mol. The van der Waals surface area contributed by atoms with Gasteiger partial charge >= 0.3 is 6.09 Å². The molecular formula is C15H14N6O3S. The van der Waals surface area contributed by atoms with E-state index in [-0.39, 0.29) is 17.4 Å². The molecule has 0 aliphatic heterocycles. The van der Waals surface area contributed by atoms with Gasteiger partial charge in [-0.15, -0.1) is 0 Å². The van der Waals surface area contributed by atoms with Gasteiger partial charge in [0.05, 0.1) is 28.8 Å². The highest BCUT2D eigenvalue weighted by Gasteiger charge is 2.16. The minimum Gasteiger partial charge on any atom is -0.506 e. The molecule has 0 unspecified atom stereocenters. The number of hydrogen-bond acceptors (Lipinski definition) is 9. The van der Waals surface area contributed by atoms with Gasteiger partial charge < -0.3 is 15.2 Å². The first-order chi connectivity index (χ1) is 12.0. The average Bonchev–Trinajstić information content (AvgIpc) is 2.91. The van der Waals surface area contributed by atoms with Crippen molar-refractivity contribution in [1.82, 2.24) is 19.9 Å². The molecule has 0 aromatic carbocycles. The number of carbonyl (C=O) groups excluding carboxylic acids is 1. The van der Waals surface area contributed by atoms with Crippen LogP contribution in [0.1, 0.15) is 10.7 Å². The lowest BCUT2D eigenvalue weighted by Crippen LogP contribution is -2.18. The molecule has 0 fully saturated rings. The van der Waals surface area contributed by atoms with Crippen molar-refractivity contribution in [3.05, 3.63) is 41.6 Å². The molecule has 3 aromatic rings. The van der Waals surface area contributed by atoms with Crippen molar-refractivity contribution in [2.24, 2.45) is 0 Å². The Morgan fingerprint density at radius 1 is 1.20 bits per heavy atom. The molecule has 0 aliphatic rings. The van der Waals surface area contributed by atoms with E-state index in [0.29, 0.717) is 16.4 Å². The van der Waals surface area contributed by atoms with Crippen LogP contribution >= 0.6 is 11.3 Å². The van der Waals surface area contributed by atoms with E-state index in [0.717, 1.165) is 5.01 Å². The molecule has 0 spiro atoms. The number of thiazole rings is 1. The Morgan fingerprint density at radius 2 is 1.96 bits per heavy atom. The molecule has 3 N–H and O–H groups in total. The Kier molecular flexibility index (Phi) is 4.70. The second-order valence-corrected chi connectivity index (χ2v) is 6.14. The number of nitrogens with zero attached hydrogens (tertiary/aromatic N) is 4. The maximum atomic E-state index is 12.1. The zero-order chi connectivity index (χ0) is 17.8. The van der Waals surface area contributed by atoms with Crippen LogP contribution in [0.15, 0.2) is 30.9 Å². The highest BCUT2D eigenvalue weighted by Crippen LogP contribution is 2.33. The van der Waals surface area contributed by atoms with Crippen molar-refractivity contribution in [2.75, 3.05) is 10.6 Å². The topological polar surface area (TPSA) is 122 Å². The van der Waals surface area contributed by atoms with Gasteiger partial charge in [-0.05, 0) is 26.0 Å². The third kappa shape index (κ3) is 4.18. The third-order valence-electron chi connectivity index (χ3n) is 3.00. The van der Waals surface area contributed by atoms with Gasteiger partial charge in [0.1, 0.15) is 17.9 Å². The van der Waals surface area contributed by atoms with Crippen LogP contribution in [0, 0.1) is 13.8 Å². The number of anilines is 3. The first kappa shape index (κ1) is 16.6. The van der Waals surface area contributed by atoms with Crippen molar-refractivity contribution >= 4 is 33.9 Å². The lowest BCUT2D eigenvalue weighted by atomic mass is 10.3. The van der Waals surface area contributed by atoms with Crippen LogP contribution in [0.5, 0.6) is 11.6 Å². The van der Waals surface area contributed by atoms with Crippen LogP contribution in [0.3, 0.4) is 0 Å². The number of aromatic hydroxyl groups is 1. The van der Waals surface area contributed by atoms with Crippen molar-refractivity contribution < 1.29 is 14.6 Å². The van der Waals surface area contributed by atoms with Gasteiger partial charge in [-0.25, -0.2) is 24.7 Å². The lowest BCUT2D eigenvalue weighted by Gasteiger charge is -2.07. The summed E-state index contributed by atoms with van der Waals surface area (Å²) < 4.78 is 5.26. The minimum absolute atomic E-state index is 0.0469. The molecular weight excluding hydrogens is 344 g/mol. The van der Waals surface area contributed by atoms with Crippen molar-refractivity contribution in [2.45, 2.75) is 13.8 Å². The number of amides is 1. The van der Waals surface area contributed by atoms with Gasteiger partial charge in [-0.3, -0.25) is 5.32 Å². The Labute approximate surface area is 146 Å². The van der Waals surface area contributed by atoms with Crippen LogP contribution in [0.2, 0.25) is 0 Å². The van der Waals surface area contributed by atoms with Crippen LogP contribution in [0.4, 0.5) is 21.3 Å². The van der Waals surface area contributed by atoms with Gasteiger partial charge in [-0.2, -0.15) is 0 Å². The number of pyridine rings is 1. The normalized spacial score (nSPS) is 10.3. The highest BCUT2D eigenvalue weighted by molar-refractivity contribution is 7.16. The summed E-state index contributed by atoms with van der Waals surface area (Å²) in [5.74, 6) is 0.447. The Hall–Kier alpha value is -3.27. The molecule has 128 valence electrons. The van der Waals surface area contributed by atoms with Gasteiger partial charge in [0.2, 0.25) is 0 Å². The van der Waals surface area contributed by atoms with E-state index in [1.165, 1.54) is 29.8 Å². The first-order valence-electron chi connectivity index (χ1n) is 7.16. The Morgan fingerprint density at radius 3 is 2.68 bits per heavy atom. The quantitative estimate of drug-likeness (QED) is 0.650. The van der Waals surface area contributed by atoms with E-state index < -0.39 is 6.09 Å². The van der Waals surface area contributed by atoms with Gasteiger partial charge in [0, 0.05) is 0 Å². The Balaban J connectivity index is 1.71. The first-order valence-corrected chi connectivity index (χ1v) is 7.98. The molecule has 0 radical (unpaired) electrons. The maximum absolute atomic E-state index is 12.1. The maximum Gasteiger partial charge on any atom is 0.419 e. The molecule has 0 aliphatic carbocycles. The summed E-state index contributed by atoms with van der Waals surface area (Å²) in [6.07, 6.45) is 3.86. The average molecular weight is 358 g/mol. The standard InChI is InChI=1S/C15H14N6O3S/c1-8-11(22)3-4-12(18-8)21-15(23)24-13-14(25-9(2)19-13)20-10-5-16-7-17-6-10/h3-7,20,22H,1-2H3,(H,18,21,23). The molecule has 9 nitrogen and oxygen atoms in total. The highest BCUT2D eigenvalue weighted by atomic mass is 32.1. The molecule has 1 amide bonds. The summed E-state index contributed by atoms with van der Waals surface area (Å²) in [5, 5.41) is 16.3. The number of aromatic nitrogens is 4. The number of nitrogens with one attached hydrogen (secondary N) is 2. The summed E-state index contributed by atoms with van der Waals surface area (Å²) in [6, 6.07) is 2.91. The van der Waals surface area contributed by atoms with Gasteiger partial charge in [0.25, 0.3) is 5.88 Å². The predicted octanol–water partition coefficient (Wildman–Crippen LogP) is 3.01. The molecule has 25 heavy (non-hydrogen) atoms. The van der Waals surface area contributed by atoms with E-state index >= 15 is 0 Å².